The van der Waals surface area contributed by atoms with Crippen LogP contribution >= 0.6 is 36.4 Å². The van der Waals surface area contributed by atoms with Crippen molar-refractivity contribution in [2.75, 3.05) is 30.9 Å². The SMILES string of the molecule is CN(C)c1c(Cl)cccc1NC(=O)[C@@H]1CC[C@H](CN)O1.Cl.Cl. The highest BCUT2D eigenvalue weighted by Gasteiger charge is 2.30. The fourth-order valence-corrected chi connectivity index (χ4v) is 2.70. The van der Waals surface area contributed by atoms with Crippen LogP contribution in [0.2, 0.25) is 5.02 Å². The number of nitrogens with two attached hydrogens (primary N) is 1. The van der Waals surface area contributed by atoms with E-state index in [2.05, 4.69) is 5.32 Å². The summed E-state index contributed by atoms with van der Waals surface area (Å²) in [6.45, 7) is 0.448. The minimum atomic E-state index is -0.433. The number of anilines is 2. The Labute approximate surface area is 148 Å². The zero-order chi connectivity index (χ0) is 14.7. The van der Waals surface area contributed by atoms with Gasteiger partial charge in [-0.05, 0) is 25.0 Å². The summed E-state index contributed by atoms with van der Waals surface area (Å²) in [7, 11) is 3.76. The molecule has 0 unspecified atom stereocenters. The highest BCUT2D eigenvalue weighted by Crippen LogP contribution is 2.33. The molecule has 1 heterocycles. The van der Waals surface area contributed by atoms with Crippen molar-refractivity contribution in [2.24, 2.45) is 5.73 Å². The van der Waals surface area contributed by atoms with E-state index in [1.807, 2.05) is 31.1 Å². The van der Waals surface area contributed by atoms with Crippen LogP contribution in [0.3, 0.4) is 0 Å². The molecule has 0 aliphatic carbocycles. The number of ether oxygens (including phenoxy) is 1. The Bertz CT molecular complexity index is 500. The molecule has 126 valence electrons. The summed E-state index contributed by atoms with van der Waals surface area (Å²) in [5, 5.41) is 3.49. The van der Waals surface area contributed by atoms with Gasteiger partial charge in [-0.15, -0.1) is 24.8 Å². The van der Waals surface area contributed by atoms with E-state index in [1.165, 1.54) is 0 Å². The number of para-hydroxylation sites is 1. The molecule has 8 heteroatoms. The summed E-state index contributed by atoms with van der Waals surface area (Å²) >= 11 is 6.17. The number of benzene rings is 1. The summed E-state index contributed by atoms with van der Waals surface area (Å²) in [6, 6.07) is 5.43. The van der Waals surface area contributed by atoms with Gasteiger partial charge in [-0.2, -0.15) is 0 Å². The Kier molecular flexibility index (Phi) is 9.12. The first kappa shape index (κ1) is 21.3. The summed E-state index contributed by atoms with van der Waals surface area (Å²) in [5.74, 6) is -0.147. The van der Waals surface area contributed by atoms with Crippen molar-refractivity contribution in [1.29, 1.82) is 0 Å². The van der Waals surface area contributed by atoms with Gasteiger partial charge in [0.2, 0.25) is 0 Å². The molecule has 0 bridgehead atoms. The molecule has 1 fully saturated rings. The number of amides is 1. The van der Waals surface area contributed by atoms with Crippen molar-refractivity contribution in [2.45, 2.75) is 25.0 Å². The lowest BCUT2D eigenvalue weighted by Crippen LogP contribution is -2.30. The molecule has 2 rings (SSSR count). The van der Waals surface area contributed by atoms with Crippen molar-refractivity contribution >= 4 is 53.7 Å². The maximum absolute atomic E-state index is 12.2. The normalized spacial score (nSPS) is 19.8. The minimum Gasteiger partial charge on any atom is -0.375 e. The van der Waals surface area contributed by atoms with E-state index in [0.717, 1.165) is 12.1 Å². The summed E-state index contributed by atoms with van der Waals surface area (Å²) in [5.41, 5.74) is 7.03. The molecule has 1 aromatic rings. The maximum Gasteiger partial charge on any atom is 0.253 e. The molecule has 1 aliphatic heterocycles. The Balaban J connectivity index is 0.00000220. The average molecular weight is 371 g/mol. The molecular weight excluding hydrogens is 349 g/mol. The molecule has 1 saturated heterocycles. The monoisotopic (exact) mass is 369 g/mol. The summed E-state index contributed by atoms with van der Waals surface area (Å²) in [6.07, 6.45) is 1.08. The zero-order valence-corrected chi connectivity index (χ0v) is 14.9. The van der Waals surface area contributed by atoms with E-state index < -0.39 is 6.10 Å². The van der Waals surface area contributed by atoms with Gasteiger partial charge >= 0.3 is 0 Å². The van der Waals surface area contributed by atoms with Gasteiger partial charge in [-0.1, -0.05) is 17.7 Å². The van der Waals surface area contributed by atoms with Crippen LogP contribution in [0.1, 0.15) is 12.8 Å². The van der Waals surface area contributed by atoms with Gasteiger partial charge in [0.15, 0.2) is 0 Å². The first-order chi connectivity index (χ1) is 9.52. The lowest BCUT2D eigenvalue weighted by molar-refractivity contribution is -0.126. The van der Waals surface area contributed by atoms with Crippen LogP contribution in [0.25, 0.3) is 0 Å². The predicted octanol–water partition coefficient (Wildman–Crippen LogP) is 2.69. The Morgan fingerprint density at radius 1 is 1.41 bits per heavy atom. The second kappa shape index (κ2) is 9.43. The second-order valence-electron chi connectivity index (χ2n) is 5.08. The lowest BCUT2D eigenvalue weighted by atomic mass is 10.2. The fraction of sp³-hybridized carbons (Fsp3) is 0.500. The van der Waals surface area contributed by atoms with Crippen LogP contribution in [0.5, 0.6) is 0 Å². The van der Waals surface area contributed by atoms with Gasteiger partial charge < -0.3 is 20.7 Å². The Morgan fingerprint density at radius 3 is 2.64 bits per heavy atom. The number of nitrogens with one attached hydrogen (secondary N) is 1. The molecular formula is C14H22Cl3N3O2. The quantitative estimate of drug-likeness (QED) is 0.855. The molecule has 3 N–H and O–H groups in total. The van der Waals surface area contributed by atoms with E-state index in [-0.39, 0.29) is 36.8 Å². The number of rotatable bonds is 4. The molecule has 0 spiro atoms. The van der Waals surface area contributed by atoms with Gasteiger partial charge in [0, 0.05) is 20.6 Å². The molecule has 2 atom stereocenters. The highest BCUT2D eigenvalue weighted by molar-refractivity contribution is 6.34. The van der Waals surface area contributed by atoms with E-state index in [9.17, 15) is 4.79 Å². The summed E-state index contributed by atoms with van der Waals surface area (Å²) < 4.78 is 5.59. The van der Waals surface area contributed by atoms with E-state index >= 15 is 0 Å². The van der Waals surface area contributed by atoms with E-state index in [4.69, 9.17) is 22.1 Å². The van der Waals surface area contributed by atoms with Gasteiger partial charge in [0.25, 0.3) is 5.91 Å². The standard InChI is InChI=1S/C14H20ClN3O2.2ClH/c1-18(2)13-10(15)4-3-5-11(13)17-14(19)12-7-6-9(8-16)20-12;;/h3-5,9,12H,6-8,16H2,1-2H3,(H,17,19);2*1H/t9-,12+;;/m1../s1. The van der Waals surface area contributed by atoms with Crippen LogP contribution in [-0.4, -0.2) is 38.8 Å². The maximum atomic E-state index is 12.2. The summed E-state index contributed by atoms with van der Waals surface area (Å²) in [4.78, 5) is 14.1. The van der Waals surface area contributed by atoms with Crippen LogP contribution in [-0.2, 0) is 9.53 Å². The zero-order valence-electron chi connectivity index (χ0n) is 12.5. The first-order valence-corrected chi connectivity index (χ1v) is 7.03. The molecule has 1 aromatic carbocycles. The number of hydrogen-bond acceptors (Lipinski definition) is 4. The van der Waals surface area contributed by atoms with Crippen molar-refractivity contribution in [3.05, 3.63) is 23.2 Å². The third kappa shape index (κ3) is 4.89. The number of carbonyl (C=O) groups is 1. The van der Waals surface area contributed by atoms with Gasteiger partial charge in [0.1, 0.15) is 6.10 Å². The predicted molar refractivity (Wildman–Crippen MR) is 95.9 cm³/mol. The Morgan fingerprint density at radius 2 is 2.09 bits per heavy atom. The van der Waals surface area contributed by atoms with Crippen molar-refractivity contribution in [3.63, 3.8) is 0 Å². The van der Waals surface area contributed by atoms with Gasteiger partial charge in [0.05, 0.1) is 22.5 Å². The highest BCUT2D eigenvalue weighted by atomic mass is 35.5. The third-order valence-corrected chi connectivity index (χ3v) is 3.66. The molecule has 0 radical (unpaired) electrons. The third-order valence-electron chi connectivity index (χ3n) is 3.35. The van der Waals surface area contributed by atoms with Gasteiger partial charge in [-0.25, -0.2) is 0 Å². The topological polar surface area (TPSA) is 67.6 Å². The largest absolute Gasteiger partial charge is 0.375 e. The van der Waals surface area contributed by atoms with Crippen LogP contribution in [0.4, 0.5) is 11.4 Å². The van der Waals surface area contributed by atoms with Crippen LogP contribution < -0.4 is 16.0 Å². The first-order valence-electron chi connectivity index (χ1n) is 6.65. The number of hydrogen-bond donors (Lipinski definition) is 2. The molecule has 0 aromatic heterocycles. The smallest absolute Gasteiger partial charge is 0.253 e. The molecule has 5 nitrogen and oxygen atoms in total. The Hall–Kier alpha value is -0.720. The average Bonchev–Trinajstić information content (AvgIpc) is 2.87. The number of halogens is 3. The van der Waals surface area contributed by atoms with Crippen molar-refractivity contribution in [3.8, 4) is 0 Å². The number of carbonyl (C=O) groups excluding carboxylic acids is 1. The second-order valence-corrected chi connectivity index (χ2v) is 5.49. The van der Waals surface area contributed by atoms with Crippen LogP contribution in [0.15, 0.2) is 18.2 Å². The molecule has 1 amide bonds. The molecule has 22 heavy (non-hydrogen) atoms. The van der Waals surface area contributed by atoms with Crippen molar-refractivity contribution in [1.82, 2.24) is 0 Å². The van der Waals surface area contributed by atoms with Crippen molar-refractivity contribution < 1.29 is 9.53 Å². The molecule has 1 aliphatic rings. The van der Waals surface area contributed by atoms with Gasteiger partial charge in [-0.3, -0.25) is 4.79 Å². The van der Waals surface area contributed by atoms with E-state index in [1.54, 1.807) is 6.07 Å². The number of nitrogens with zero attached hydrogens (tertiary/aromatic N) is 1. The lowest BCUT2D eigenvalue weighted by Gasteiger charge is -2.20. The minimum absolute atomic E-state index is 0. The van der Waals surface area contributed by atoms with Crippen LogP contribution in [0, 0.1) is 0 Å². The molecule has 0 saturated carbocycles. The fourth-order valence-electron chi connectivity index (χ4n) is 2.36. The van der Waals surface area contributed by atoms with E-state index in [0.29, 0.717) is 23.7 Å².